The van der Waals surface area contributed by atoms with Gasteiger partial charge in [-0.1, -0.05) is 30.0 Å². The minimum atomic E-state index is -0.416. The number of hydrogen-bond donors (Lipinski definition) is 1. The van der Waals surface area contributed by atoms with Crippen LogP contribution in [0.4, 0.5) is 5.69 Å². The molecule has 3 heterocycles. The molecule has 1 N–H and O–H groups in total. The van der Waals surface area contributed by atoms with Crippen LogP contribution in [0.15, 0.2) is 60.3 Å². The van der Waals surface area contributed by atoms with Crippen molar-refractivity contribution in [3.05, 3.63) is 72.1 Å². The number of thioether (sulfide) groups is 1. The molecule has 33 heavy (non-hydrogen) atoms. The first-order valence-electron chi connectivity index (χ1n) is 10.6. The number of rotatable bonds is 7. The van der Waals surface area contributed by atoms with Crippen LogP contribution in [0.25, 0.3) is 0 Å². The predicted octanol–water partition coefficient (Wildman–Crippen LogP) is 4.01. The van der Waals surface area contributed by atoms with Gasteiger partial charge in [0, 0.05) is 17.8 Å². The highest BCUT2D eigenvalue weighted by Crippen LogP contribution is 2.36. The minimum Gasteiger partial charge on any atom is -0.485 e. The third-order valence-electron chi connectivity index (χ3n) is 5.68. The molecule has 2 aliphatic rings. The Labute approximate surface area is 195 Å². The van der Waals surface area contributed by atoms with Crippen molar-refractivity contribution in [2.75, 3.05) is 17.7 Å². The first-order chi connectivity index (χ1) is 16.0. The lowest BCUT2D eigenvalue weighted by atomic mass is 9.99. The maximum absolute atomic E-state index is 12.9. The number of amides is 1. The quantitative estimate of drug-likeness (QED) is 0.322. The van der Waals surface area contributed by atoms with Crippen LogP contribution in [0.1, 0.15) is 40.7 Å². The summed E-state index contributed by atoms with van der Waals surface area (Å²) < 4.78 is 13.8. The zero-order valence-corrected chi connectivity index (χ0v) is 18.8. The Balaban J connectivity index is 1.32. The summed E-state index contributed by atoms with van der Waals surface area (Å²) in [6.45, 7) is 6.45. The van der Waals surface area contributed by atoms with Gasteiger partial charge in [-0.2, -0.15) is 0 Å². The van der Waals surface area contributed by atoms with E-state index in [0.717, 1.165) is 11.3 Å². The molecule has 0 saturated heterocycles. The lowest BCUT2D eigenvalue weighted by Crippen LogP contribution is -2.25. The third-order valence-corrected chi connectivity index (χ3v) is 6.64. The number of carbonyl (C=O) groups is 2. The predicted molar refractivity (Wildman–Crippen MR) is 124 cm³/mol. The molecule has 0 fully saturated rings. The number of benzene rings is 2. The van der Waals surface area contributed by atoms with Crippen molar-refractivity contribution in [1.82, 2.24) is 14.8 Å². The molecule has 3 aromatic rings. The maximum atomic E-state index is 12.9. The summed E-state index contributed by atoms with van der Waals surface area (Å²) in [6, 6.07) is 12.8. The van der Waals surface area contributed by atoms with E-state index in [1.807, 2.05) is 35.8 Å². The van der Waals surface area contributed by atoms with Gasteiger partial charge in [0.1, 0.15) is 6.61 Å². The van der Waals surface area contributed by atoms with Crippen LogP contribution in [-0.4, -0.2) is 38.8 Å². The summed E-state index contributed by atoms with van der Waals surface area (Å²) >= 11 is 1.31. The number of Topliss-reactive ketones (excluding diaryl/α,β-unsaturated/α-hetero) is 1. The Morgan fingerprint density at radius 1 is 1.27 bits per heavy atom. The van der Waals surface area contributed by atoms with E-state index in [2.05, 4.69) is 22.1 Å². The molecule has 0 radical (unpaired) electrons. The topological polar surface area (TPSA) is 95.3 Å². The number of hydrogen-bond acceptors (Lipinski definition) is 7. The second kappa shape index (κ2) is 8.74. The molecule has 5 rings (SSSR count). The minimum absolute atomic E-state index is 0.0461. The molecule has 168 valence electrons. The van der Waals surface area contributed by atoms with Crippen molar-refractivity contribution in [3.8, 4) is 11.5 Å². The smallest absolute Gasteiger partial charge is 0.231 e. The molecule has 1 amide bonds. The molecule has 0 bridgehead atoms. The molecule has 2 atom stereocenters. The van der Waals surface area contributed by atoms with Gasteiger partial charge < -0.3 is 14.8 Å². The standard InChI is InChI=1S/C24H22N4O4S/c1-3-10-28-22(21-12-31-19-6-4-5-7-20(19)32-21)26-27-24(28)33-13-18(29)15-8-9-17-16(11-15)14(2)23(30)25-17/h3-9,11,14,21H,1,10,12-13H2,2H3,(H,25,30). The molecule has 9 heteroatoms. The average Bonchev–Trinajstić information content (AvgIpc) is 3.37. The van der Waals surface area contributed by atoms with Gasteiger partial charge in [-0.25, -0.2) is 0 Å². The SMILES string of the molecule is C=CCn1c(SCC(=O)c2ccc3c(c2)C(C)C(=O)N3)nnc1C1COc2ccccc2O1. The van der Waals surface area contributed by atoms with Crippen LogP contribution in [-0.2, 0) is 11.3 Å². The van der Waals surface area contributed by atoms with E-state index in [0.29, 0.717) is 41.2 Å². The highest BCUT2D eigenvalue weighted by molar-refractivity contribution is 7.99. The molecular weight excluding hydrogens is 440 g/mol. The van der Waals surface area contributed by atoms with Gasteiger partial charge in [0.25, 0.3) is 0 Å². The van der Waals surface area contributed by atoms with Crippen molar-refractivity contribution in [2.45, 2.75) is 30.6 Å². The largest absolute Gasteiger partial charge is 0.485 e. The molecule has 0 spiro atoms. The zero-order chi connectivity index (χ0) is 22.9. The zero-order valence-electron chi connectivity index (χ0n) is 18.0. The number of ether oxygens (including phenoxy) is 2. The number of nitrogens with one attached hydrogen (secondary N) is 1. The Bertz CT molecular complexity index is 1260. The molecule has 8 nitrogen and oxygen atoms in total. The highest BCUT2D eigenvalue weighted by Gasteiger charge is 2.29. The van der Waals surface area contributed by atoms with E-state index in [4.69, 9.17) is 9.47 Å². The lowest BCUT2D eigenvalue weighted by molar-refractivity contribution is -0.116. The second-order valence-electron chi connectivity index (χ2n) is 7.83. The van der Waals surface area contributed by atoms with Crippen molar-refractivity contribution in [1.29, 1.82) is 0 Å². The number of nitrogens with zero attached hydrogens (tertiary/aromatic N) is 3. The Morgan fingerprint density at radius 2 is 2.09 bits per heavy atom. The van der Waals surface area contributed by atoms with E-state index >= 15 is 0 Å². The van der Waals surface area contributed by atoms with Gasteiger partial charge in [-0.3, -0.25) is 14.2 Å². The Hall–Kier alpha value is -3.59. The van der Waals surface area contributed by atoms with Gasteiger partial charge in [-0.05, 0) is 42.8 Å². The highest BCUT2D eigenvalue weighted by atomic mass is 32.2. The maximum Gasteiger partial charge on any atom is 0.231 e. The number of carbonyl (C=O) groups excluding carboxylic acids is 2. The number of fused-ring (bicyclic) bond motifs is 2. The van der Waals surface area contributed by atoms with E-state index in [-0.39, 0.29) is 23.4 Å². The van der Waals surface area contributed by atoms with Gasteiger partial charge in [-0.15, -0.1) is 16.8 Å². The Kier molecular flexibility index (Phi) is 5.63. The van der Waals surface area contributed by atoms with Crippen LogP contribution in [0.2, 0.25) is 0 Å². The van der Waals surface area contributed by atoms with E-state index < -0.39 is 6.10 Å². The first-order valence-corrected chi connectivity index (χ1v) is 11.6. The van der Waals surface area contributed by atoms with Gasteiger partial charge in [0.15, 0.2) is 34.4 Å². The van der Waals surface area contributed by atoms with Crippen LogP contribution < -0.4 is 14.8 Å². The first kappa shape index (κ1) is 21.3. The van der Waals surface area contributed by atoms with Gasteiger partial charge in [0.05, 0.1) is 11.7 Å². The molecular formula is C24H22N4O4S. The fraction of sp³-hybridized carbons (Fsp3) is 0.250. The van der Waals surface area contributed by atoms with Crippen LogP contribution in [0, 0.1) is 0 Å². The summed E-state index contributed by atoms with van der Waals surface area (Å²) in [6.07, 6.45) is 1.34. The van der Waals surface area contributed by atoms with Crippen molar-refractivity contribution < 1.29 is 19.1 Å². The third kappa shape index (κ3) is 4.00. The number of ketones is 1. The van der Waals surface area contributed by atoms with Crippen LogP contribution in [0.3, 0.4) is 0 Å². The molecule has 0 aliphatic carbocycles. The van der Waals surface area contributed by atoms with Crippen molar-refractivity contribution >= 4 is 29.1 Å². The van der Waals surface area contributed by atoms with Crippen molar-refractivity contribution in [2.24, 2.45) is 0 Å². The summed E-state index contributed by atoms with van der Waals surface area (Å²) in [7, 11) is 0. The van der Waals surface area contributed by atoms with Gasteiger partial charge in [0.2, 0.25) is 5.91 Å². The fourth-order valence-electron chi connectivity index (χ4n) is 3.90. The number of aromatic nitrogens is 3. The molecule has 0 saturated carbocycles. The monoisotopic (exact) mass is 462 g/mol. The summed E-state index contributed by atoms with van der Waals surface area (Å²) in [5.41, 5.74) is 2.19. The fourth-order valence-corrected chi connectivity index (χ4v) is 4.75. The van der Waals surface area contributed by atoms with Crippen LogP contribution >= 0.6 is 11.8 Å². The summed E-state index contributed by atoms with van der Waals surface area (Å²) in [4.78, 5) is 24.8. The van der Waals surface area contributed by atoms with E-state index in [9.17, 15) is 9.59 Å². The lowest BCUT2D eigenvalue weighted by Gasteiger charge is -2.26. The number of para-hydroxylation sites is 2. The van der Waals surface area contributed by atoms with E-state index in [1.165, 1.54) is 11.8 Å². The Morgan fingerprint density at radius 3 is 2.91 bits per heavy atom. The number of anilines is 1. The van der Waals surface area contributed by atoms with Gasteiger partial charge >= 0.3 is 0 Å². The molecule has 2 unspecified atom stereocenters. The summed E-state index contributed by atoms with van der Waals surface area (Å²) in [5, 5.41) is 12.1. The molecule has 2 aromatic carbocycles. The molecule has 1 aromatic heterocycles. The van der Waals surface area contributed by atoms with Crippen LogP contribution in [0.5, 0.6) is 11.5 Å². The number of allylic oxidation sites excluding steroid dienone is 1. The summed E-state index contributed by atoms with van der Waals surface area (Å²) in [5.74, 6) is 1.81. The second-order valence-corrected chi connectivity index (χ2v) is 8.77. The molecule has 2 aliphatic heterocycles. The average molecular weight is 463 g/mol. The van der Waals surface area contributed by atoms with Crippen molar-refractivity contribution in [3.63, 3.8) is 0 Å². The normalized spacial score (nSPS) is 18.5. The van der Waals surface area contributed by atoms with E-state index in [1.54, 1.807) is 24.3 Å².